The van der Waals surface area contributed by atoms with Gasteiger partial charge in [-0.3, -0.25) is 14.4 Å². The second-order valence-corrected chi connectivity index (χ2v) is 7.41. The van der Waals surface area contributed by atoms with Gasteiger partial charge in [-0.25, -0.2) is 0 Å². The normalized spacial score (nSPS) is 22.0. The van der Waals surface area contributed by atoms with Gasteiger partial charge in [0.2, 0.25) is 0 Å². The first-order valence-electron chi connectivity index (χ1n) is 9.90. The van der Waals surface area contributed by atoms with Gasteiger partial charge in [0, 0.05) is 25.1 Å². The first kappa shape index (κ1) is 21.1. The van der Waals surface area contributed by atoms with E-state index in [0.29, 0.717) is 43.4 Å². The van der Waals surface area contributed by atoms with Crippen molar-refractivity contribution in [1.82, 2.24) is 4.90 Å². The molecule has 3 atom stereocenters. The molecule has 1 saturated heterocycles. The van der Waals surface area contributed by atoms with Gasteiger partial charge >= 0.3 is 5.97 Å². The highest BCUT2D eigenvalue weighted by molar-refractivity contribution is 5.98. The Kier molecular flexibility index (Phi) is 6.74. The molecule has 8 nitrogen and oxygen atoms in total. The van der Waals surface area contributed by atoms with Crippen LogP contribution < -0.4 is 9.47 Å². The van der Waals surface area contributed by atoms with E-state index < -0.39 is 12.1 Å². The molecular weight excluding hydrogens is 378 g/mol. The fraction of sp³-hybridized carbons (Fsp3) is 0.571. The number of benzene rings is 1. The Hall–Kier alpha value is -2.61. The van der Waals surface area contributed by atoms with Crippen LogP contribution >= 0.6 is 0 Å². The van der Waals surface area contributed by atoms with Gasteiger partial charge in [0.1, 0.15) is 13.2 Å². The molecule has 158 valence electrons. The lowest BCUT2D eigenvalue weighted by Crippen LogP contribution is -2.51. The number of esters is 1. The van der Waals surface area contributed by atoms with E-state index in [1.54, 1.807) is 30.0 Å². The monoisotopic (exact) mass is 405 g/mol. The van der Waals surface area contributed by atoms with Crippen LogP contribution in [0.1, 0.15) is 44.0 Å². The topological polar surface area (TPSA) is 91.4 Å². The molecule has 0 spiro atoms. The Labute approximate surface area is 170 Å². The summed E-state index contributed by atoms with van der Waals surface area (Å²) in [5, 5.41) is 0. The summed E-state index contributed by atoms with van der Waals surface area (Å²) in [7, 11) is 0. The summed E-state index contributed by atoms with van der Waals surface area (Å²) in [6.45, 7) is 7.19. The van der Waals surface area contributed by atoms with Gasteiger partial charge in [-0.05, 0) is 39.0 Å². The number of amides is 1. The maximum atomic E-state index is 12.5. The predicted molar refractivity (Wildman–Crippen MR) is 103 cm³/mol. The Morgan fingerprint density at radius 2 is 1.72 bits per heavy atom. The standard InChI is InChI=1S/C21H27NO7/c1-13-11-22(12-14(2)28-13)21(25)15(3)29-20(24)7-5-17(23)16-4-6-18-19(10-16)27-9-8-26-18/h4,6,10,13-15H,5,7-9,11-12H2,1-3H3. The molecule has 1 fully saturated rings. The van der Waals surface area contributed by atoms with E-state index in [0.717, 1.165) is 0 Å². The number of carbonyl (C=O) groups excluding carboxylic acids is 3. The minimum Gasteiger partial charge on any atom is -0.486 e. The van der Waals surface area contributed by atoms with Crippen molar-refractivity contribution in [3.05, 3.63) is 23.8 Å². The summed E-state index contributed by atoms with van der Waals surface area (Å²) in [6.07, 6.45) is -1.13. The lowest BCUT2D eigenvalue weighted by Gasteiger charge is -2.36. The number of carbonyl (C=O) groups is 3. The molecule has 1 amide bonds. The first-order chi connectivity index (χ1) is 13.8. The number of ketones is 1. The SMILES string of the molecule is CC1CN(C(=O)C(C)OC(=O)CCC(=O)c2ccc3c(c2)OCCO3)CC(C)O1. The molecule has 1 aromatic rings. The smallest absolute Gasteiger partial charge is 0.307 e. The second kappa shape index (κ2) is 9.26. The lowest BCUT2D eigenvalue weighted by molar-refractivity contribution is -0.164. The highest BCUT2D eigenvalue weighted by Crippen LogP contribution is 2.31. The van der Waals surface area contributed by atoms with Crippen molar-refractivity contribution in [3.63, 3.8) is 0 Å². The number of rotatable bonds is 6. The molecule has 0 aliphatic carbocycles. The van der Waals surface area contributed by atoms with Crippen LogP contribution in [0.2, 0.25) is 0 Å². The number of fused-ring (bicyclic) bond motifs is 1. The summed E-state index contributed by atoms with van der Waals surface area (Å²) in [6, 6.07) is 4.95. The molecule has 2 aliphatic rings. The van der Waals surface area contributed by atoms with E-state index in [9.17, 15) is 14.4 Å². The van der Waals surface area contributed by atoms with Crippen LogP contribution in [-0.4, -0.2) is 67.2 Å². The third-order valence-corrected chi connectivity index (χ3v) is 4.81. The summed E-state index contributed by atoms with van der Waals surface area (Å²) >= 11 is 0. The predicted octanol–water partition coefficient (Wildman–Crippen LogP) is 1.99. The van der Waals surface area contributed by atoms with Crippen LogP contribution in [0.25, 0.3) is 0 Å². The van der Waals surface area contributed by atoms with Crippen molar-refractivity contribution in [3.8, 4) is 11.5 Å². The average molecular weight is 405 g/mol. The molecule has 2 aliphatic heterocycles. The van der Waals surface area contributed by atoms with Crippen molar-refractivity contribution in [2.24, 2.45) is 0 Å². The second-order valence-electron chi connectivity index (χ2n) is 7.41. The Balaban J connectivity index is 1.47. The number of nitrogens with zero attached hydrogens (tertiary/aromatic N) is 1. The number of ether oxygens (including phenoxy) is 4. The molecule has 0 bridgehead atoms. The third-order valence-electron chi connectivity index (χ3n) is 4.81. The average Bonchev–Trinajstić information content (AvgIpc) is 2.70. The molecule has 0 N–H and O–H groups in total. The van der Waals surface area contributed by atoms with Crippen molar-refractivity contribution < 1.29 is 33.3 Å². The van der Waals surface area contributed by atoms with Crippen LogP contribution in [-0.2, 0) is 19.1 Å². The number of hydrogen-bond donors (Lipinski definition) is 0. The van der Waals surface area contributed by atoms with Gasteiger partial charge in [0.25, 0.3) is 5.91 Å². The molecule has 3 unspecified atom stereocenters. The summed E-state index contributed by atoms with van der Waals surface area (Å²) in [4.78, 5) is 38.7. The summed E-state index contributed by atoms with van der Waals surface area (Å²) in [5.41, 5.74) is 0.447. The van der Waals surface area contributed by atoms with E-state index in [4.69, 9.17) is 18.9 Å². The van der Waals surface area contributed by atoms with E-state index in [2.05, 4.69) is 0 Å². The quantitative estimate of drug-likeness (QED) is 0.528. The minimum absolute atomic E-state index is 0.00892. The zero-order chi connectivity index (χ0) is 21.0. The van der Waals surface area contributed by atoms with Crippen molar-refractivity contribution in [1.29, 1.82) is 0 Å². The molecule has 3 rings (SSSR count). The zero-order valence-electron chi connectivity index (χ0n) is 17.0. The molecule has 1 aromatic carbocycles. The highest BCUT2D eigenvalue weighted by atomic mass is 16.6. The van der Waals surface area contributed by atoms with Crippen LogP contribution in [0, 0.1) is 0 Å². The van der Waals surface area contributed by atoms with Gasteiger partial charge in [-0.15, -0.1) is 0 Å². The van der Waals surface area contributed by atoms with Crippen molar-refractivity contribution >= 4 is 17.7 Å². The van der Waals surface area contributed by atoms with Gasteiger partial charge in [0.15, 0.2) is 23.4 Å². The van der Waals surface area contributed by atoms with E-state index in [1.165, 1.54) is 0 Å². The zero-order valence-corrected chi connectivity index (χ0v) is 17.0. The molecule has 0 saturated carbocycles. The van der Waals surface area contributed by atoms with Gasteiger partial charge in [-0.2, -0.15) is 0 Å². The van der Waals surface area contributed by atoms with Crippen LogP contribution in [0.3, 0.4) is 0 Å². The fourth-order valence-electron chi connectivity index (χ4n) is 3.50. The lowest BCUT2D eigenvalue weighted by atomic mass is 10.1. The van der Waals surface area contributed by atoms with E-state index >= 15 is 0 Å². The Morgan fingerprint density at radius 3 is 2.41 bits per heavy atom. The third kappa shape index (κ3) is 5.47. The van der Waals surface area contributed by atoms with Gasteiger partial charge < -0.3 is 23.8 Å². The number of hydrogen-bond acceptors (Lipinski definition) is 7. The molecular formula is C21H27NO7. The van der Waals surface area contributed by atoms with Crippen LogP contribution in [0.4, 0.5) is 0 Å². The van der Waals surface area contributed by atoms with E-state index in [-0.39, 0.29) is 36.7 Å². The Morgan fingerprint density at radius 1 is 1.07 bits per heavy atom. The van der Waals surface area contributed by atoms with E-state index in [1.807, 2.05) is 13.8 Å². The van der Waals surface area contributed by atoms with Gasteiger partial charge in [0.05, 0.1) is 18.6 Å². The molecule has 0 radical (unpaired) electrons. The largest absolute Gasteiger partial charge is 0.486 e. The van der Waals surface area contributed by atoms with Crippen molar-refractivity contribution in [2.45, 2.75) is 51.9 Å². The summed E-state index contributed by atoms with van der Waals surface area (Å²) in [5.74, 6) is 0.0995. The Bertz CT molecular complexity index is 768. The highest BCUT2D eigenvalue weighted by Gasteiger charge is 2.30. The number of morpholine rings is 1. The molecule has 0 aromatic heterocycles. The molecule has 2 heterocycles. The summed E-state index contributed by atoms with van der Waals surface area (Å²) < 4.78 is 21.8. The maximum absolute atomic E-state index is 12.5. The minimum atomic E-state index is -0.899. The fourth-order valence-corrected chi connectivity index (χ4v) is 3.50. The number of Topliss-reactive ketones (excluding diaryl/α,β-unsaturated/α-hetero) is 1. The van der Waals surface area contributed by atoms with Crippen LogP contribution in [0.15, 0.2) is 18.2 Å². The molecule has 8 heteroatoms. The van der Waals surface area contributed by atoms with Crippen LogP contribution in [0.5, 0.6) is 11.5 Å². The maximum Gasteiger partial charge on any atom is 0.307 e. The first-order valence-corrected chi connectivity index (χ1v) is 9.90. The van der Waals surface area contributed by atoms with Crippen molar-refractivity contribution in [2.75, 3.05) is 26.3 Å². The molecule has 29 heavy (non-hydrogen) atoms. The van der Waals surface area contributed by atoms with Gasteiger partial charge in [-0.1, -0.05) is 0 Å².